The molecule has 0 bridgehead atoms. The highest BCUT2D eigenvalue weighted by Crippen LogP contribution is 2.32. The third-order valence-electron chi connectivity index (χ3n) is 3.96. The molecule has 0 atom stereocenters. The molecule has 1 aromatic carbocycles. The first kappa shape index (κ1) is 15.8. The van der Waals surface area contributed by atoms with Gasteiger partial charge in [0.15, 0.2) is 5.13 Å². The summed E-state index contributed by atoms with van der Waals surface area (Å²) >= 11 is 1.39. The van der Waals surface area contributed by atoms with Crippen LogP contribution in [0, 0.1) is 0 Å². The Kier molecular flexibility index (Phi) is 3.96. The van der Waals surface area contributed by atoms with Crippen molar-refractivity contribution in [3.63, 3.8) is 0 Å². The molecule has 2 N–H and O–H groups in total. The SMILES string of the molecule is Cn1cc(-c2csc(NCc3cccc4[nH]ccc34)n2)c(C(F)F)n1. The number of nitrogens with one attached hydrogen (secondary N) is 2. The number of rotatable bonds is 5. The molecular formula is C17H15F2N5S. The molecule has 4 aromatic rings. The Morgan fingerprint density at radius 2 is 2.20 bits per heavy atom. The molecule has 4 rings (SSSR count). The number of thiazole rings is 1. The minimum absolute atomic E-state index is 0.239. The van der Waals surface area contributed by atoms with Crippen molar-refractivity contribution in [1.29, 1.82) is 0 Å². The summed E-state index contributed by atoms with van der Waals surface area (Å²) < 4.78 is 27.6. The van der Waals surface area contributed by atoms with Gasteiger partial charge in [0.25, 0.3) is 6.43 Å². The highest BCUT2D eigenvalue weighted by atomic mass is 32.1. The van der Waals surface area contributed by atoms with Gasteiger partial charge in [0.1, 0.15) is 5.69 Å². The molecule has 3 aromatic heterocycles. The van der Waals surface area contributed by atoms with Gasteiger partial charge in [-0.3, -0.25) is 4.68 Å². The van der Waals surface area contributed by atoms with Crippen molar-refractivity contribution in [2.75, 3.05) is 5.32 Å². The smallest absolute Gasteiger partial charge is 0.282 e. The summed E-state index contributed by atoms with van der Waals surface area (Å²) in [4.78, 5) is 7.61. The van der Waals surface area contributed by atoms with Crippen LogP contribution in [0.2, 0.25) is 0 Å². The standard InChI is InChI=1S/C17H15F2N5S/c1-24-8-12(15(23-24)16(18)19)14-9-25-17(22-14)21-7-10-3-2-4-13-11(10)5-6-20-13/h2-6,8-9,16,20H,7H2,1H3,(H,21,22). The van der Waals surface area contributed by atoms with E-state index in [-0.39, 0.29) is 5.69 Å². The number of halogens is 2. The first-order valence-electron chi connectivity index (χ1n) is 7.68. The van der Waals surface area contributed by atoms with Crippen molar-refractivity contribution in [2.45, 2.75) is 13.0 Å². The van der Waals surface area contributed by atoms with E-state index in [9.17, 15) is 8.78 Å². The third-order valence-corrected chi connectivity index (χ3v) is 4.76. The molecule has 5 nitrogen and oxygen atoms in total. The minimum Gasteiger partial charge on any atom is -0.361 e. The van der Waals surface area contributed by atoms with E-state index in [0.29, 0.717) is 22.9 Å². The largest absolute Gasteiger partial charge is 0.361 e. The van der Waals surface area contributed by atoms with Crippen molar-refractivity contribution < 1.29 is 8.78 Å². The minimum atomic E-state index is -2.62. The van der Waals surface area contributed by atoms with Gasteiger partial charge in [0, 0.05) is 47.8 Å². The fraction of sp³-hybridized carbons (Fsp3) is 0.176. The zero-order valence-electron chi connectivity index (χ0n) is 13.3. The third kappa shape index (κ3) is 3.00. The van der Waals surface area contributed by atoms with E-state index in [0.717, 1.165) is 16.5 Å². The van der Waals surface area contributed by atoms with Crippen molar-refractivity contribution in [3.8, 4) is 11.3 Å². The normalized spacial score (nSPS) is 11.5. The molecule has 0 amide bonds. The fourth-order valence-corrected chi connectivity index (χ4v) is 3.53. The average molecular weight is 359 g/mol. The second-order valence-electron chi connectivity index (χ2n) is 5.65. The molecule has 0 spiro atoms. The Morgan fingerprint density at radius 1 is 1.32 bits per heavy atom. The molecule has 0 aliphatic rings. The van der Waals surface area contributed by atoms with Crippen LogP contribution in [-0.4, -0.2) is 19.7 Å². The number of hydrogen-bond donors (Lipinski definition) is 2. The van der Waals surface area contributed by atoms with Crippen LogP contribution in [0.1, 0.15) is 17.7 Å². The quantitative estimate of drug-likeness (QED) is 0.549. The van der Waals surface area contributed by atoms with Crippen LogP contribution in [-0.2, 0) is 13.6 Å². The van der Waals surface area contributed by atoms with Crippen molar-refractivity contribution in [2.24, 2.45) is 7.05 Å². The molecule has 8 heteroatoms. The Balaban J connectivity index is 1.55. The van der Waals surface area contributed by atoms with Gasteiger partial charge < -0.3 is 10.3 Å². The van der Waals surface area contributed by atoms with Crippen LogP contribution >= 0.6 is 11.3 Å². The van der Waals surface area contributed by atoms with Crippen LogP contribution in [0.5, 0.6) is 0 Å². The Hall–Kier alpha value is -2.74. The molecule has 0 aliphatic heterocycles. The van der Waals surface area contributed by atoms with Gasteiger partial charge in [0.2, 0.25) is 0 Å². The maximum Gasteiger partial charge on any atom is 0.282 e. The highest BCUT2D eigenvalue weighted by Gasteiger charge is 2.20. The monoisotopic (exact) mass is 359 g/mol. The zero-order valence-corrected chi connectivity index (χ0v) is 14.1. The maximum absolute atomic E-state index is 13.1. The number of aromatic nitrogens is 4. The lowest BCUT2D eigenvalue weighted by Crippen LogP contribution is -1.99. The first-order valence-corrected chi connectivity index (χ1v) is 8.56. The topological polar surface area (TPSA) is 58.5 Å². The fourth-order valence-electron chi connectivity index (χ4n) is 2.82. The molecule has 0 aliphatic carbocycles. The van der Waals surface area contributed by atoms with Crippen LogP contribution < -0.4 is 5.32 Å². The average Bonchev–Trinajstić information content (AvgIpc) is 3.31. The number of nitrogens with zero attached hydrogens (tertiary/aromatic N) is 3. The van der Waals surface area contributed by atoms with E-state index >= 15 is 0 Å². The number of fused-ring (bicyclic) bond motifs is 1. The predicted octanol–water partition coefficient (Wildman–Crippen LogP) is 4.57. The number of hydrogen-bond acceptors (Lipinski definition) is 4. The van der Waals surface area contributed by atoms with E-state index in [1.165, 1.54) is 16.0 Å². The van der Waals surface area contributed by atoms with E-state index < -0.39 is 6.43 Å². The molecular weight excluding hydrogens is 344 g/mol. The van der Waals surface area contributed by atoms with Crippen LogP contribution in [0.15, 0.2) is 42.0 Å². The van der Waals surface area contributed by atoms with Crippen LogP contribution in [0.25, 0.3) is 22.2 Å². The van der Waals surface area contributed by atoms with Gasteiger partial charge in [-0.15, -0.1) is 11.3 Å². The van der Waals surface area contributed by atoms with Gasteiger partial charge >= 0.3 is 0 Å². The Morgan fingerprint density at radius 3 is 3.04 bits per heavy atom. The maximum atomic E-state index is 13.1. The molecule has 0 unspecified atom stereocenters. The Labute approximate surface area is 146 Å². The summed E-state index contributed by atoms with van der Waals surface area (Å²) in [6, 6.07) is 8.10. The van der Waals surface area contributed by atoms with E-state index in [2.05, 4.69) is 20.4 Å². The number of aromatic amines is 1. The van der Waals surface area contributed by atoms with Gasteiger partial charge in [-0.25, -0.2) is 13.8 Å². The second kappa shape index (κ2) is 6.29. The summed E-state index contributed by atoms with van der Waals surface area (Å²) in [5.74, 6) is 0. The molecule has 0 saturated carbocycles. The van der Waals surface area contributed by atoms with Crippen LogP contribution in [0.3, 0.4) is 0 Å². The van der Waals surface area contributed by atoms with E-state index in [1.807, 2.05) is 30.5 Å². The van der Waals surface area contributed by atoms with Gasteiger partial charge in [0.05, 0.1) is 5.69 Å². The van der Waals surface area contributed by atoms with Gasteiger partial charge in [-0.2, -0.15) is 5.10 Å². The lowest BCUT2D eigenvalue weighted by molar-refractivity contribution is 0.146. The lowest BCUT2D eigenvalue weighted by Gasteiger charge is -2.04. The van der Waals surface area contributed by atoms with E-state index in [4.69, 9.17) is 0 Å². The number of H-pyrrole nitrogens is 1. The Bertz CT molecular complexity index is 1020. The molecule has 3 heterocycles. The van der Waals surface area contributed by atoms with Crippen molar-refractivity contribution in [1.82, 2.24) is 19.7 Å². The number of benzene rings is 1. The summed E-state index contributed by atoms with van der Waals surface area (Å²) in [7, 11) is 1.62. The number of alkyl halides is 2. The summed E-state index contributed by atoms with van der Waals surface area (Å²) in [5.41, 5.74) is 2.86. The molecule has 0 saturated heterocycles. The molecule has 128 valence electrons. The number of anilines is 1. The predicted molar refractivity (Wildman–Crippen MR) is 94.9 cm³/mol. The highest BCUT2D eigenvalue weighted by molar-refractivity contribution is 7.14. The number of aryl methyl sites for hydroxylation is 1. The van der Waals surface area contributed by atoms with Crippen LogP contribution in [0.4, 0.5) is 13.9 Å². The molecule has 25 heavy (non-hydrogen) atoms. The van der Waals surface area contributed by atoms with Crippen molar-refractivity contribution >= 4 is 27.4 Å². The summed E-state index contributed by atoms with van der Waals surface area (Å²) in [6.45, 7) is 0.608. The van der Waals surface area contributed by atoms with Gasteiger partial charge in [-0.1, -0.05) is 12.1 Å². The van der Waals surface area contributed by atoms with Gasteiger partial charge in [-0.05, 0) is 17.7 Å². The zero-order chi connectivity index (χ0) is 17.4. The second-order valence-corrected chi connectivity index (χ2v) is 6.51. The lowest BCUT2D eigenvalue weighted by atomic mass is 10.1. The first-order chi connectivity index (χ1) is 12.1. The molecule has 0 fully saturated rings. The van der Waals surface area contributed by atoms with E-state index in [1.54, 1.807) is 18.6 Å². The molecule has 0 radical (unpaired) electrons. The van der Waals surface area contributed by atoms with Crippen molar-refractivity contribution in [3.05, 3.63) is 53.3 Å². The summed E-state index contributed by atoms with van der Waals surface area (Å²) in [5, 5.41) is 10.7. The summed E-state index contributed by atoms with van der Waals surface area (Å²) in [6.07, 6.45) is 0.852.